The first-order valence-corrected chi connectivity index (χ1v) is 6.29. The molecule has 2 atom stereocenters. The lowest BCUT2D eigenvalue weighted by Crippen LogP contribution is -2.58. The smallest absolute Gasteiger partial charge is 0.414 e. The number of rotatable bonds is 7. The molecular formula is C12H20F3NO3. The summed E-state index contributed by atoms with van der Waals surface area (Å²) in [4.78, 5) is 11.9. The van der Waals surface area contributed by atoms with Crippen LogP contribution in [0.5, 0.6) is 0 Å². The van der Waals surface area contributed by atoms with Gasteiger partial charge in [-0.05, 0) is 32.2 Å². The quantitative estimate of drug-likeness (QED) is 0.725. The lowest BCUT2D eigenvalue weighted by molar-refractivity contribution is -0.220. The number of halogens is 3. The van der Waals surface area contributed by atoms with Gasteiger partial charge < -0.3 is 9.47 Å². The van der Waals surface area contributed by atoms with Crippen LogP contribution in [0.1, 0.15) is 26.7 Å². The average molecular weight is 283 g/mol. The van der Waals surface area contributed by atoms with E-state index >= 15 is 0 Å². The largest absolute Gasteiger partial charge is 0.468 e. The minimum absolute atomic E-state index is 0.0275. The molecule has 2 unspecified atom stereocenters. The van der Waals surface area contributed by atoms with Crippen molar-refractivity contribution >= 4 is 5.97 Å². The Labute approximate surface area is 110 Å². The highest BCUT2D eigenvalue weighted by atomic mass is 19.4. The molecule has 7 heteroatoms. The molecule has 0 aromatic rings. The Balaban J connectivity index is 2.76. The molecule has 1 aliphatic carbocycles. The van der Waals surface area contributed by atoms with Crippen molar-refractivity contribution in [3.63, 3.8) is 0 Å². The number of hydrogen-bond donors (Lipinski definition) is 1. The van der Waals surface area contributed by atoms with E-state index in [1.807, 2.05) is 0 Å². The molecule has 1 N–H and O–H groups in total. The van der Waals surface area contributed by atoms with Crippen LogP contribution in [0.3, 0.4) is 0 Å². The number of likely N-dealkylation sites (N-methyl/N-ethyl adjacent to an activating group) is 1. The summed E-state index contributed by atoms with van der Waals surface area (Å²) in [6.07, 6.45) is -4.77. The zero-order valence-electron chi connectivity index (χ0n) is 11.3. The van der Waals surface area contributed by atoms with Crippen LogP contribution in [0.25, 0.3) is 0 Å². The van der Waals surface area contributed by atoms with Gasteiger partial charge in [0.2, 0.25) is 0 Å². The average Bonchev–Trinajstić information content (AvgIpc) is 3.16. The molecule has 0 amide bonds. The minimum atomic E-state index is -4.43. The Kier molecular flexibility index (Phi) is 5.20. The summed E-state index contributed by atoms with van der Waals surface area (Å²) in [6, 6.07) is 0. The van der Waals surface area contributed by atoms with E-state index in [1.165, 1.54) is 7.11 Å². The number of hydrogen-bond acceptors (Lipinski definition) is 4. The molecule has 0 spiro atoms. The second-order valence-electron chi connectivity index (χ2n) is 4.76. The Morgan fingerprint density at radius 1 is 1.42 bits per heavy atom. The summed E-state index contributed by atoms with van der Waals surface area (Å²) < 4.78 is 46.9. The third-order valence-electron chi connectivity index (χ3n) is 3.34. The number of nitrogens with one attached hydrogen (secondary N) is 1. The minimum Gasteiger partial charge on any atom is -0.468 e. The molecule has 112 valence electrons. The van der Waals surface area contributed by atoms with Crippen molar-refractivity contribution < 1.29 is 27.4 Å². The van der Waals surface area contributed by atoms with Gasteiger partial charge in [-0.3, -0.25) is 5.32 Å². The topological polar surface area (TPSA) is 47.6 Å². The van der Waals surface area contributed by atoms with Gasteiger partial charge in [0.15, 0.2) is 6.10 Å². The zero-order chi connectivity index (χ0) is 14.7. The van der Waals surface area contributed by atoms with Crippen molar-refractivity contribution in [1.29, 1.82) is 0 Å². The predicted octanol–water partition coefficient (Wildman–Crippen LogP) is 1.89. The lowest BCUT2D eigenvalue weighted by Gasteiger charge is -2.33. The summed E-state index contributed by atoms with van der Waals surface area (Å²) in [5.41, 5.74) is -1.16. The molecule has 0 saturated heterocycles. The summed E-state index contributed by atoms with van der Waals surface area (Å²) >= 11 is 0. The molecular weight excluding hydrogens is 263 g/mol. The van der Waals surface area contributed by atoms with Crippen molar-refractivity contribution in [3.8, 4) is 0 Å². The monoisotopic (exact) mass is 283 g/mol. The molecule has 0 bridgehead atoms. The molecule has 0 aromatic carbocycles. The molecule has 0 radical (unpaired) electrons. The highest BCUT2D eigenvalue weighted by Gasteiger charge is 2.53. The van der Waals surface area contributed by atoms with Crippen LogP contribution in [0.4, 0.5) is 13.2 Å². The molecule has 0 aromatic heterocycles. The maximum Gasteiger partial charge on any atom is 0.414 e. The fourth-order valence-corrected chi connectivity index (χ4v) is 2.04. The van der Waals surface area contributed by atoms with Crippen LogP contribution >= 0.6 is 0 Å². The second-order valence-corrected chi connectivity index (χ2v) is 4.76. The van der Waals surface area contributed by atoms with Gasteiger partial charge in [-0.1, -0.05) is 6.92 Å². The number of alkyl halides is 3. The third-order valence-corrected chi connectivity index (χ3v) is 3.34. The van der Waals surface area contributed by atoms with E-state index in [9.17, 15) is 18.0 Å². The fraction of sp³-hybridized carbons (Fsp3) is 0.917. The molecule has 19 heavy (non-hydrogen) atoms. The van der Waals surface area contributed by atoms with Gasteiger partial charge in [0.05, 0.1) is 13.7 Å². The Morgan fingerprint density at radius 2 is 2.00 bits per heavy atom. The first-order valence-electron chi connectivity index (χ1n) is 6.29. The van der Waals surface area contributed by atoms with E-state index in [0.717, 1.165) is 19.8 Å². The van der Waals surface area contributed by atoms with Crippen molar-refractivity contribution in [3.05, 3.63) is 0 Å². The van der Waals surface area contributed by atoms with Gasteiger partial charge in [0.25, 0.3) is 0 Å². The van der Waals surface area contributed by atoms with Crippen LogP contribution in [0.15, 0.2) is 0 Å². The molecule has 0 heterocycles. The van der Waals surface area contributed by atoms with E-state index in [0.29, 0.717) is 6.54 Å². The molecule has 1 fully saturated rings. The van der Waals surface area contributed by atoms with E-state index in [-0.39, 0.29) is 12.5 Å². The Morgan fingerprint density at radius 3 is 2.37 bits per heavy atom. The zero-order valence-corrected chi connectivity index (χ0v) is 11.3. The molecule has 1 saturated carbocycles. The maximum absolute atomic E-state index is 12.4. The van der Waals surface area contributed by atoms with Gasteiger partial charge in [-0.2, -0.15) is 13.2 Å². The van der Waals surface area contributed by atoms with Gasteiger partial charge in [0.1, 0.15) is 5.54 Å². The predicted molar refractivity (Wildman–Crippen MR) is 62.6 cm³/mol. The normalized spacial score (nSPS) is 20.7. The van der Waals surface area contributed by atoms with Gasteiger partial charge in [-0.25, -0.2) is 4.79 Å². The summed E-state index contributed by atoms with van der Waals surface area (Å²) in [5.74, 6) is -0.591. The van der Waals surface area contributed by atoms with E-state index in [1.54, 1.807) is 6.92 Å². The van der Waals surface area contributed by atoms with E-state index in [2.05, 4.69) is 5.32 Å². The second kappa shape index (κ2) is 6.09. The highest BCUT2D eigenvalue weighted by Crippen LogP contribution is 2.41. The van der Waals surface area contributed by atoms with E-state index in [4.69, 9.17) is 9.47 Å². The molecule has 4 nitrogen and oxygen atoms in total. The van der Waals surface area contributed by atoms with Crippen LogP contribution < -0.4 is 5.32 Å². The van der Waals surface area contributed by atoms with Crippen LogP contribution in [0.2, 0.25) is 0 Å². The van der Waals surface area contributed by atoms with Crippen LogP contribution in [-0.4, -0.2) is 44.0 Å². The summed E-state index contributed by atoms with van der Waals surface area (Å²) in [5, 5.41) is 2.95. The van der Waals surface area contributed by atoms with Crippen LogP contribution in [-0.2, 0) is 14.3 Å². The van der Waals surface area contributed by atoms with Gasteiger partial charge in [-0.15, -0.1) is 0 Å². The van der Waals surface area contributed by atoms with Crippen molar-refractivity contribution in [2.45, 2.75) is 44.5 Å². The first kappa shape index (κ1) is 16.2. The fourth-order valence-electron chi connectivity index (χ4n) is 2.04. The highest BCUT2D eigenvalue weighted by molar-refractivity contribution is 5.82. The molecule has 1 rings (SSSR count). The van der Waals surface area contributed by atoms with Crippen molar-refractivity contribution in [2.24, 2.45) is 5.92 Å². The molecule has 0 aliphatic heterocycles. The summed E-state index contributed by atoms with van der Waals surface area (Å²) in [7, 11) is 1.23. The number of esters is 1. The summed E-state index contributed by atoms with van der Waals surface area (Å²) in [6.45, 7) is 2.84. The van der Waals surface area contributed by atoms with Gasteiger partial charge >= 0.3 is 12.1 Å². The number of ether oxygens (including phenoxy) is 2. The molecule has 1 aliphatic rings. The first-order chi connectivity index (χ1) is 8.78. The van der Waals surface area contributed by atoms with Crippen molar-refractivity contribution in [2.75, 3.05) is 20.3 Å². The maximum atomic E-state index is 12.4. The van der Waals surface area contributed by atoms with Gasteiger partial charge in [0, 0.05) is 0 Å². The van der Waals surface area contributed by atoms with E-state index < -0.39 is 23.8 Å². The van der Waals surface area contributed by atoms with Crippen LogP contribution in [0, 0.1) is 5.92 Å². The van der Waals surface area contributed by atoms with Crippen molar-refractivity contribution in [1.82, 2.24) is 5.32 Å². The number of carbonyl (C=O) groups excluding carboxylic acids is 1. The Bertz CT molecular complexity index is 318. The third kappa shape index (κ3) is 3.82. The lowest BCUT2D eigenvalue weighted by atomic mass is 9.94. The number of carbonyl (C=O) groups is 1. The SMILES string of the molecule is CCNC(COC(C)C(F)(F)F)(C(=O)OC)C1CC1. The Hall–Kier alpha value is -0.820. The number of methoxy groups -OCH3 is 1. The standard InChI is InChI=1S/C12H20F3NO3/c1-4-16-11(9-5-6-9,10(17)18-3)7-19-8(2)12(13,14)15/h8-9,16H,4-7H2,1-3H3.